The maximum atomic E-state index is 11.9. The smallest absolute Gasteiger partial charge is 0.162 e. The molecule has 0 atom stereocenters. The number of unbranched alkanes of at least 4 members (excludes halogenated alkanes) is 7. The summed E-state index contributed by atoms with van der Waals surface area (Å²) in [5.41, 5.74) is 0.839. The summed E-state index contributed by atoms with van der Waals surface area (Å²) < 4.78 is 1.02. The molecule has 0 aliphatic rings. The van der Waals surface area contributed by atoms with Crippen LogP contribution in [0, 0.1) is 0 Å². The normalized spacial score (nSPS) is 10.6. The number of rotatable bonds is 10. The van der Waals surface area contributed by atoms with Crippen molar-refractivity contribution in [2.24, 2.45) is 0 Å². The van der Waals surface area contributed by atoms with Crippen molar-refractivity contribution in [2.75, 3.05) is 0 Å². The van der Waals surface area contributed by atoms with Gasteiger partial charge in [-0.3, -0.25) is 4.79 Å². The summed E-state index contributed by atoms with van der Waals surface area (Å²) in [6.07, 6.45) is 10.9. The minimum absolute atomic E-state index is 0.276. The Bertz CT molecular complexity index is 356. The van der Waals surface area contributed by atoms with Gasteiger partial charge < -0.3 is 0 Å². The van der Waals surface area contributed by atoms with Crippen LogP contribution < -0.4 is 0 Å². The van der Waals surface area contributed by atoms with Gasteiger partial charge in [0.15, 0.2) is 5.78 Å². The summed E-state index contributed by atoms with van der Waals surface area (Å²) in [6.45, 7) is 2.24. The van der Waals surface area contributed by atoms with Gasteiger partial charge in [0, 0.05) is 16.5 Å². The molecule has 0 spiro atoms. The van der Waals surface area contributed by atoms with Crippen molar-refractivity contribution < 1.29 is 4.79 Å². The summed E-state index contributed by atoms with van der Waals surface area (Å²) >= 11 is 3.38. The molecule has 0 amide bonds. The van der Waals surface area contributed by atoms with Crippen LogP contribution in [0.3, 0.4) is 0 Å². The van der Waals surface area contributed by atoms with Crippen LogP contribution in [0.15, 0.2) is 28.7 Å². The molecule has 1 nitrogen and oxygen atoms in total. The van der Waals surface area contributed by atoms with E-state index in [1.54, 1.807) is 0 Å². The molecular formula is C17H25BrO. The molecule has 19 heavy (non-hydrogen) atoms. The van der Waals surface area contributed by atoms with Crippen molar-refractivity contribution in [3.05, 3.63) is 34.3 Å². The topological polar surface area (TPSA) is 17.1 Å². The Morgan fingerprint density at radius 1 is 0.895 bits per heavy atom. The van der Waals surface area contributed by atoms with E-state index >= 15 is 0 Å². The molecule has 0 aliphatic heterocycles. The molecule has 0 saturated heterocycles. The number of halogens is 1. The van der Waals surface area contributed by atoms with Gasteiger partial charge in [0.05, 0.1) is 0 Å². The highest BCUT2D eigenvalue weighted by atomic mass is 79.9. The Morgan fingerprint density at radius 3 is 2.00 bits per heavy atom. The van der Waals surface area contributed by atoms with Crippen LogP contribution in [0.25, 0.3) is 0 Å². The standard InChI is InChI=1S/C17H25BrO/c1-2-3-4-5-6-7-8-9-10-17(19)15-11-13-16(18)14-12-15/h11-14H,2-10H2,1H3. The highest BCUT2D eigenvalue weighted by Gasteiger charge is 2.04. The lowest BCUT2D eigenvalue weighted by Gasteiger charge is -2.02. The third-order valence-corrected chi connectivity index (χ3v) is 3.95. The van der Waals surface area contributed by atoms with E-state index < -0.39 is 0 Å². The summed E-state index contributed by atoms with van der Waals surface area (Å²) in [7, 11) is 0. The highest BCUT2D eigenvalue weighted by Crippen LogP contribution is 2.14. The molecule has 0 saturated carbocycles. The first-order valence-electron chi connectivity index (χ1n) is 7.53. The van der Waals surface area contributed by atoms with E-state index in [0.29, 0.717) is 6.42 Å². The molecule has 0 bridgehead atoms. The Kier molecular flexibility index (Phi) is 8.81. The molecule has 0 radical (unpaired) electrons. The second kappa shape index (κ2) is 10.2. The van der Waals surface area contributed by atoms with Crippen LogP contribution in [-0.2, 0) is 0 Å². The second-order valence-corrected chi connectivity index (χ2v) is 6.07. The van der Waals surface area contributed by atoms with Crippen molar-refractivity contribution in [3.63, 3.8) is 0 Å². The first-order chi connectivity index (χ1) is 9.24. The molecule has 0 unspecified atom stereocenters. The molecule has 0 aromatic heterocycles. The van der Waals surface area contributed by atoms with Gasteiger partial charge >= 0.3 is 0 Å². The minimum Gasteiger partial charge on any atom is -0.294 e. The van der Waals surface area contributed by atoms with Gasteiger partial charge in [0.2, 0.25) is 0 Å². The van der Waals surface area contributed by atoms with E-state index in [9.17, 15) is 4.79 Å². The molecule has 0 N–H and O–H groups in total. The number of hydrogen-bond acceptors (Lipinski definition) is 1. The van der Waals surface area contributed by atoms with E-state index in [1.165, 1.54) is 44.9 Å². The Hall–Kier alpha value is -0.630. The minimum atomic E-state index is 0.276. The summed E-state index contributed by atoms with van der Waals surface area (Å²) in [5.74, 6) is 0.276. The van der Waals surface area contributed by atoms with E-state index in [1.807, 2.05) is 24.3 Å². The van der Waals surface area contributed by atoms with Crippen LogP contribution in [0.5, 0.6) is 0 Å². The molecule has 106 valence electrons. The van der Waals surface area contributed by atoms with Crippen molar-refractivity contribution in [2.45, 2.75) is 64.7 Å². The lowest BCUT2D eigenvalue weighted by molar-refractivity contribution is 0.0979. The maximum absolute atomic E-state index is 11.9. The van der Waals surface area contributed by atoms with E-state index in [2.05, 4.69) is 22.9 Å². The zero-order valence-electron chi connectivity index (χ0n) is 12.0. The maximum Gasteiger partial charge on any atom is 0.162 e. The largest absolute Gasteiger partial charge is 0.294 e. The molecule has 1 aromatic carbocycles. The Balaban J connectivity index is 2.06. The molecule has 1 aromatic rings. The number of Topliss-reactive ketones (excluding diaryl/α,β-unsaturated/α-hetero) is 1. The molecular weight excluding hydrogens is 300 g/mol. The fourth-order valence-corrected chi connectivity index (χ4v) is 2.46. The van der Waals surface area contributed by atoms with Gasteiger partial charge in [-0.1, -0.05) is 79.9 Å². The zero-order valence-corrected chi connectivity index (χ0v) is 13.5. The van der Waals surface area contributed by atoms with Gasteiger partial charge in [-0.05, 0) is 18.6 Å². The van der Waals surface area contributed by atoms with Gasteiger partial charge in [-0.25, -0.2) is 0 Å². The number of benzene rings is 1. The predicted octanol–water partition coefficient (Wildman–Crippen LogP) is 6.16. The zero-order chi connectivity index (χ0) is 13.9. The fourth-order valence-electron chi connectivity index (χ4n) is 2.20. The third-order valence-electron chi connectivity index (χ3n) is 3.42. The van der Waals surface area contributed by atoms with Gasteiger partial charge in [0.25, 0.3) is 0 Å². The van der Waals surface area contributed by atoms with Crippen molar-refractivity contribution in [1.29, 1.82) is 0 Å². The average molecular weight is 325 g/mol. The SMILES string of the molecule is CCCCCCCCCCC(=O)c1ccc(Br)cc1. The van der Waals surface area contributed by atoms with Gasteiger partial charge in [-0.15, -0.1) is 0 Å². The van der Waals surface area contributed by atoms with Crippen molar-refractivity contribution >= 4 is 21.7 Å². The van der Waals surface area contributed by atoms with Crippen LogP contribution >= 0.6 is 15.9 Å². The fraction of sp³-hybridized carbons (Fsp3) is 0.588. The summed E-state index contributed by atoms with van der Waals surface area (Å²) in [6, 6.07) is 7.66. The molecule has 2 heteroatoms. The van der Waals surface area contributed by atoms with Gasteiger partial charge in [-0.2, -0.15) is 0 Å². The summed E-state index contributed by atoms with van der Waals surface area (Å²) in [5, 5.41) is 0. The molecule has 0 fully saturated rings. The van der Waals surface area contributed by atoms with Crippen molar-refractivity contribution in [3.8, 4) is 0 Å². The van der Waals surface area contributed by atoms with E-state index in [-0.39, 0.29) is 5.78 Å². The molecule has 1 rings (SSSR count). The highest BCUT2D eigenvalue weighted by molar-refractivity contribution is 9.10. The first-order valence-corrected chi connectivity index (χ1v) is 8.32. The first kappa shape index (κ1) is 16.4. The number of carbonyl (C=O) groups excluding carboxylic acids is 1. The van der Waals surface area contributed by atoms with E-state index in [4.69, 9.17) is 0 Å². The predicted molar refractivity (Wildman–Crippen MR) is 85.7 cm³/mol. The number of carbonyl (C=O) groups is 1. The monoisotopic (exact) mass is 324 g/mol. The third kappa shape index (κ3) is 7.51. The van der Waals surface area contributed by atoms with Gasteiger partial charge in [0.1, 0.15) is 0 Å². The number of hydrogen-bond donors (Lipinski definition) is 0. The van der Waals surface area contributed by atoms with Crippen molar-refractivity contribution in [1.82, 2.24) is 0 Å². The van der Waals surface area contributed by atoms with E-state index in [0.717, 1.165) is 16.5 Å². The lowest BCUT2D eigenvalue weighted by Crippen LogP contribution is -1.98. The Morgan fingerprint density at radius 2 is 1.42 bits per heavy atom. The van der Waals surface area contributed by atoms with Crippen LogP contribution in [0.1, 0.15) is 75.1 Å². The Labute approximate surface area is 125 Å². The van der Waals surface area contributed by atoms with Crippen LogP contribution in [0.2, 0.25) is 0 Å². The lowest BCUT2D eigenvalue weighted by atomic mass is 10.0. The summed E-state index contributed by atoms with van der Waals surface area (Å²) in [4.78, 5) is 11.9. The molecule has 0 heterocycles. The average Bonchev–Trinajstić information content (AvgIpc) is 2.42. The van der Waals surface area contributed by atoms with Crippen LogP contribution in [-0.4, -0.2) is 5.78 Å². The quantitative estimate of drug-likeness (QED) is 0.372. The number of ketones is 1. The second-order valence-electron chi connectivity index (χ2n) is 5.15. The molecule has 0 aliphatic carbocycles. The van der Waals surface area contributed by atoms with Crippen LogP contribution in [0.4, 0.5) is 0 Å².